The van der Waals surface area contributed by atoms with Gasteiger partial charge >= 0.3 is 0 Å². The summed E-state index contributed by atoms with van der Waals surface area (Å²) in [5.41, 5.74) is 3.03. The van der Waals surface area contributed by atoms with Crippen LogP contribution in [0.5, 0.6) is 0 Å². The van der Waals surface area contributed by atoms with Crippen LogP contribution in [-0.4, -0.2) is 20.2 Å². The van der Waals surface area contributed by atoms with Crippen LogP contribution in [-0.2, 0) is 13.5 Å². The van der Waals surface area contributed by atoms with Crippen molar-refractivity contribution in [1.82, 2.24) is 25.6 Å². The number of benzene rings is 1. The largest absolute Gasteiger partial charge is 0.271 e. The third-order valence-corrected chi connectivity index (χ3v) is 2.97. The molecular formula is C10H12BrFN6. The number of nitrogens with two attached hydrogens (primary N) is 1. The first-order valence-corrected chi connectivity index (χ1v) is 6.03. The first-order valence-electron chi connectivity index (χ1n) is 5.24. The topological polar surface area (TPSA) is 81.7 Å². The molecule has 0 spiro atoms. The number of nitrogens with one attached hydrogen (secondary N) is 1. The van der Waals surface area contributed by atoms with Gasteiger partial charge in [0.15, 0.2) is 5.82 Å². The molecule has 6 nitrogen and oxygen atoms in total. The minimum absolute atomic E-state index is 0.337. The minimum Gasteiger partial charge on any atom is -0.271 e. The number of nitrogens with zero attached hydrogens (tertiary/aromatic N) is 4. The number of hydrogen-bond donors (Lipinski definition) is 2. The maximum atomic E-state index is 13.8. The maximum absolute atomic E-state index is 13.8. The van der Waals surface area contributed by atoms with E-state index in [0.717, 1.165) is 0 Å². The van der Waals surface area contributed by atoms with E-state index in [-0.39, 0.29) is 5.82 Å². The highest BCUT2D eigenvalue weighted by Crippen LogP contribution is 2.22. The zero-order valence-electron chi connectivity index (χ0n) is 9.64. The number of halogens is 2. The van der Waals surface area contributed by atoms with Gasteiger partial charge in [-0.25, -0.2) is 4.39 Å². The second-order valence-electron chi connectivity index (χ2n) is 3.78. The fourth-order valence-corrected chi connectivity index (χ4v) is 1.96. The van der Waals surface area contributed by atoms with Crippen LogP contribution < -0.4 is 11.3 Å². The van der Waals surface area contributed by atoms with E-state index in [9.17, 15) is 4.39 Å². The Morgan fingerprint density at radius 2 is 2.33 bits per heavy atom. The Morgan fingerprint density at radius 3 is 2.89 bits per heavy atom. The van der Waals surface area contributed by atoms with Gasteiger partial charge in [0, 0.05) is 16.5 Å². The summed E-state index contributed by atoms with van der Waals surface area (Å²) >= 11 is 3.21. The van der Waals surface area contributed by atoms with Crippen LogP contribution in [0.2, 0.25) is 0 Å². The first kappa shape index (κ1) is 13.1. The van der Waals surface area contributed by atoms with Gasteiger partial charge in [0.2, 0.25) is 0 Å². The molecular weight excluding hydrogens is 303 g/mol. The van der Waals surface area contributed by atoms with Crippen LogP contribution >= 0.6 is 15.9 Å². The standard InChI is InChI=1S/C10H12BrFN6/c1-18-16-10(15-17-18)5-9(14-13)7-3-2-6(11)4-8(7)12/h2-4,9,14H,5,13H2,1H3. The molecule has 8 heteroatoms. The molecule has 0 aliphatic carbocycles. The number of rotatable bonds is 4. The van der Waals surface area contributed by atoms with E-state index >= 15 is 0 Å². The van der Waals surface area contributed by atoms with Crippen LogP contribution in [0.1, 0.15) is 17.4 Å². The molecule has 1 unspecified atom stereocenters. The Hall–Kier alpha value is -1.38. The monoisotopic (exact) mass is 314 g/mol. The van der Waals surface area contributed by atoms with Crippen LogP contribution in [0.15, 0.2) is 22.7 Å². The van der Waals surface area contributed by atoms with Crippen LogP contribution in [0.25, 0.3) is 0 Å². The number of hydrazine groups is 1. The lowest BCUT2D eigenvalue weighted by atomic mass is 10.0. The quantitative estimate of drug-likeness (QED) is 0.646. The fourth-order valence-electron chi connectivity index (χ4n) is 1.63. The molecule has 0 aliphatic rings. The normalized spacial score (nSPS) is 12.7. The average molecular weight is 315 g/mol. The van der Waals surface area contributed by atoms with E-state index in [1.165, 1.54) is 10.9 Å². The van der Waals surface area contributed by atoms with E-state index in [2.05, 4.69) is 36.8 Å². The summed E-state index contributed by atoms with van der Waals surface area (Å²) in [6.07, 6.45) is 0.364. The predicted molar refractivity (Wildman–Crippen MR) is 66.7 cm³/mol. The third-order valence-electron chi connectivity index (χ3n) is 2.48. The molecule has 18 heavy (non-hydrogen) atoms. The van der Waals surface area contributed by atoms with Crippen molar-refractivity contribution in [1.29, 1.82) is 0 Å². The highest BCUT2D eigenvalue weighted by atomic mass is 79.9. The zero-order chi connectivity index (χ0) is 13.1. The lowest BCUT2D eigenvalue weighted by Gasteiger charge is -2.15. The van der Waals surface area contributed by atoms with Crippen molar-refractivity contribution < 1.29 is 4.39 Å². The molecule has 96 valence electrons. The summed E-state index contributed by atoms with van der Waals surface area (Å²) in [7, 11) is 1.67. The zero-order valence-corrected chi connectivity index (χ0v) is 11.2. The molecule has 2 aromatic rings. The minimum atomic E-state index is -0.401. The van der Waals surface area contributed by atoms with Crippen molar-refractivity contribution in [3.8, 4) is 0 Å². The summed E-state index contributed by atoms with van der Waals surface area (Å²) in [5, 5.41) is 11.6. The summed E-state index contributed by atoms with van der Waals surface area (Å²) in [5.74, 6) is 5.62. The smallest absolute Gasteiger partial charge is 0.176 e. The lowest BCUT2D eigenvalue weighted by Crippen LogP contribution is -2.30. The van der Waals surface area contributed by atoms with Crippen LogP contribution in [0.3, 0.4) is 0 Å². The van der Waals surface area contributed by atoms with Gasteiger partial charge in [0.1, 0.15) is 5.82 Å². The number of aryl methyl sites for hydroxylation is 1. The molecule has 1 atom stereocenters. The summed E-state index contributed by atoms with van der Waals surface area (Å²) in [4.78, 5) is 1.35. The maximum Gasteiger partial charge on any atom is 0.176 e. The van der Waals surface area contributed by atoms with Crippen molar-refractivity contribution >= 4 is 15.9 Å². The summed E-state index contributed by atoms with van der Waals surface area (Å²) in [6, 6.07) is 4.42. The molecule has 0 bridgehead atoms. The molecule has 0 amide bonds. The Labute approximate surface area is 111 Å². The molecule has 1 heterocycles. The molecule has 2 rings (SSSR count). The van der Waals surface area contributed by atoms with Gasteiger partial charge in [-0.2, -0.15) is 4.80 Å². The Kier molecular flexibility index (Phi) is 4.00. The number of tetrazole rings is 1. The third kappa shape index (κ3) is 2.89. The van der Waals surface area contributed by atoms with Gasteiger partial charge in [-0.05, 0) is 17.3 Å². The van der Waals surface area contributed by atoms with Crippen molar-refractivity contribution in [2.75, 3.05) is 0 Å². The lowest BCUT2D eigenvalue weighted by molar-refractivity contribution is 0.500. The van der Waals surface area contributed by atoms with Crippen LogP contribution in [0, 0.1) is 5.82 Å². The number of aromatic nitrogens is 4. The number of hydrogen-bond acceptors (Lipinski definition) is 5. The first-order chi connectivity index (χ1) is 8.60. The van der Waals surface area contributed by atoms with Crippen LogP contribution in [0.4, 0.5) is 4.39 Å². The van der Waals surface area contributed by atoms with Crippen molar-refractivity contribution in [3.05, 3.63) is 39.9 Å². The molecule has 3 N–H and O–H groups in total. The molecule has 1 aromatic carbocycles. The summed E-state index contributed by atoms with van der Waals surface area (Å²) in [6.45, 7) is 0. The van der Waals surface area contributed by atoms with E-state index in [1.807, 2.05) is 0 Å². The molecule has 0 aliphatic heterocycles. The van der Waals surface area contributed by atoms with Gasteiger partial charge in [-0.1, -0.05) is 22.0 Å². The van der Waals surface area contributed by atoms with E-state index in [0.29, 0.717) is 22.3 Å². The SMILES string of the molecule is Cn1nnc(CC(NN)c2ccc(Br)cc2F)n1. The molecule has 1 aromatic heterocycles. The Morgan fingerprint density at radius 1 is 1.56 bits per heavy atom. The molecule has 0 saturated carbocycles. The highest BCUT2D eigenvalue weighted by molar-refractivity contribution is 9.10. The molecule has 0 fully saturated rings. The second kappa shape index (κ2) is 5.51. The van der Waals surface area contributed by atoms with E-state index in [1.54, 1.807) is 19.2 Å². The van der Waals surface area contributed by atoms with Gasteiger partial charge in [0.05, 0.1) is 13.1 Å². The van der Waals surface area contributed by atoms with Gasteiger partial charge in [0.25, 0.3) is 0 Å². The molecule has 0 radical (unpaired) electrons. The average Bonchev–Trinajstić information content (AvgIpc) is 2.72. The van der Waals surface area contributed by atoms with E-state index < -0.39 is 6.04 Å². The summed E-state index contributed by atoms with van der Waals surface area (Å²) < 4.78 is 14.5. The van der Waals surface area contributed by atoms with Crippen molar-refractivity contribution in [3.63, 3.8) is 0 Å². The van der Waals surface area contributed by atoms with Gasteiger partial charge < -0.3 is 0 Å². The van der Waals surface area contributed by atoms with E-state index in [4.69, 9.17) is 5.84 Å². The predicted octanol–water partition coefficient (Wildman–Crippen LogP) is 0.859. The van der Waals surface area contributed by atoms with Crippen molar-refractivity contribution in [2.24, 2.45) is 12.9 Å². The fraction of sp³-hybridized carbons (Fsp3) is 0.300. The van der Waals surface area contributed by atoms with Crippen molar-refractivity contribution in [2.45, 2.75) is 12.5 Å². The Balaban J connectivity index is 2.22. The Bertz CT molecular complexity index is 543. The van der Waals surface area contributed by atoms with Gasteiger partial charge in [-0.3, -0.25) is 11.3 Å². The highest BCUT2D eigenvalue weighted by Gasteiger charge is 2.17. The second-order valence-corrected chi connectivity index (χ2v) is 4.70. The van der Waals surface area contributed by atoms with Gasteiger partial charge in [-0.15, -0.1) is 10.2 Å². The molecule has 0 saturated heterocycles.